The van der Waals surface area contributed by atoms with E-state index in [-0.39, 0.29) is 21.4 Å². The summed E-state index contributed by atoms with van der Waals surface area (Å²) < 4.78 is 37.5. The van der Waals surface area contributed by atoms with E-state index in [1.54, 1.807) is 0 Å². The number of hydrogen-bond donors (Lipinski definition) is 1. The van der Waals surface area contributed by atoms with Gasteiger partial charge in [-0.3, -0.25) is 0 Å². The van der Waals surface area contributed by atoms with Crippen molar-refractivity contribution in [1.29, 1.82) is 0 Å². The number of halogens is 3. The average molecular weight is 334 g/mol. The zero-order valence-corrected chi connectivity index (χ0v) is 12.4. The Bertz CT molecular complexity index is 763. The lowest BCUT2D eigenvalue weighted by Gasteiger charge is -2.09. The number of nitrogens with two attached hydrogens (primary N) is 1. The maximum atomic E-state index is 12.9. The maximum absolute atomic E-state index is 12.9. The van der Waals surface area contributed by atoms with E-state index in [4.69, 9.17) is 28.9 Å². The molecule has 3 nitrogen and oxygen atoms in total. The van der Waals surface area contributed by atoms with Gasteiger partial charge in [0.05, 0.1) is 16.3 Å². The van der Waals surface area contributed by atoms with Crippen molar-refractivity contribution in [2.45, 2.75) is 10.6 Å². The van der Waals surface area contributed by atoms with Gasteiger partial charge in [-0.15, -0.1) is 0 Å². The van der Waals surface area contributed by atoms with Crippen molar-refractivity contribution >= 4 is 38.7 Å². The normalized spacial score (nSPS) is 11.6. The molecule has 2 N–H and O–H groups in total. The van der Waals surface area contributed by atoms with Crippen molar-refractivity contribution in [2.75, 3.05) is 5.73 Å². The highest BCUT2D eigenvalue weighted by atomic mass is 35.5. The van der Waals surface area contributed by atoms with Crippen LogP contribution in [0.4, 0.5) is 10.1 Å². The molecule has 2 aromatic carbocycles. The second-order valence-electron chi connectivity index (χ2n) is 4.18. The Kier molecular flexibility index (Phi) is 4.22. The van der Waals surface area contributed by atoms with E-state index >= 15 is 0 Å². The number of rotatable bonds is 3. The van der Waals surface area contributed by atoms with Crippen LogP contribution in [0.2, 0.25) is 10.0 Å². The molecule has 0 aliphatic rings. The van der Waals surface area contributed by atoms with Gasteiger partial charge in [0, 0.05) is 10.0 Å². The van der Waals surface area contributed by atoms with Crippen molar-refractivity contribution in [1.82, 2.24) is 0 Å². The fraction of sp³-hybridized carbons (Fsp3) is 0.0769. The standard InChI is InChI=1S/C13H10Cl2FNO2S/c14-9-2-4-13(12(17)5-9)20(18,19)7-8-1-3-10(16)6-11(8)15/h1-6H,7,17H2. The molecule has 0 aliphatic heterocycles. The van der Waals surface area contributed by atoms with Gasteiger partial charge in [-0.05, 0) is 35.9 Å². The van der Waals surface area contributed by atoms with Crippen LogP contribution in [0.15, 0.2) is 41.3 Å². The van der Waals surface area contributed by atoms with Crippen LogP contribution in [0.25, 0.3) is 0 Å². The first-order valence-electron chi connectivity index (χ1n) is 5.51. The molecule has 0 spiro atoms. The topological polar surface area (TPSA) is 60.2 Å². The molecule has 2 aromatic rings. The molecular formula is C13H10Cl2FNO2S. The van der Waals surface area contributed by atoms with E-state index in [9.17, 15) is 12.8 Å². The maximum Gasteiger partial charge on any atom is 0.184 e. The Labute approximate surface area is 126 Å². The van der Waals surface area contributed by atoms with Gasteiger partial charge in [-0.2, -0.15) is 0 Å². The molecule has 0 atom stereocenters. The minimum absolute atomic E-state index is 0.0257. The Balaban J connectivity index is 2.41. The van der Waals surface area contributed by atoms with Crippen LogP contribution in [0, 0.1) is 5.82 Å². The van der Waals surface area contributed by atoms with Crippen LogP contribution in [0.5, 0.6) is 0 Å². The molecule has 20 heavy (non-hydrogen) atoms. The lowest BCUT2D eigenvalue weighted by Crippen LogP contribution is -2.08. The van der Waals surface area contributed by atoms with Crippen LogP contribution < -0.4 is 5.73 Å². The third-order valence-corrected chi connectivity index (χ3v) is 4.99. The Morgan fingerprint density at radius 1 is 1.10 bits per heavy atom. The predicted molar refractivity (Wildman–Crippen MR) is 78.2 cm³/mol. The first-order valence-corrected chi connectivity index (χ1v) is 7.92. The van der Waals surface area contributed by atoms with Crippen molar-refractivity contribution in [3.8, 4) is 0 Å². The Morgan fingerprint density at radius 3 is 2.40 bits per heavy atom. The van der Waals surface area contributed by atoms with Gasteiger partial charge in [0.15, 0.2) is 9.84 Å². The minimum Gasteiger partial charge on any atom is -0.398 e. The molecule has 0 bridgehead atoms. The molecule has 7 heteroatoms. The Morgan fingerprint density at radius 2 is 1.80 bits per heavy atom. The first kappa shape index (κ1) is 15.1. The molecule has 0 unspecified atom stereocenters. The van der Waals surface area contributed by atoms with Crippen LogP contribution >= 0.6 is 23.2 Å². The molecule has 0 aliphatic carbocycles. The van der Waals surface area contributed by atoms with E-state index in [1.165, 1.54) is 24.3 Å². The molecule has 0 amide bonds. The summed E-state index contributed by atoms with van der Waals surface area (Å²) in [6, 6.07) is 7.70. The van der Waals surface area contributed by atoms with Gasteiger partial charge in [0.1, 0.15) is 5.82 Å². The third-order valence-electron chi connectivity index (χ3n) is 2.67. The number of sulfone groups is 1. The number of anilines is 1. The summed E-state index contributed by atoms with van der Waals surface area (Å²) in [5.41, 5.74) is 6.04. The van der Waals surface area contributed by atoms with Crippen LogP contribution in [0.3, 0.4) is 0 Å². The molecule has 0 saturated heterocycles. The van der Waals surface area contributed by atoms with Gasteiger partial charge < -0.3 is 5.73 Å². The highest BCUT2D eigenvalue weighted by Gasteiger charge is 2.20. The minimum atomic E-state index is -3.69. The van der Waals surface area contributed by atoms with Crippen LogP contribution in [0.1, 0.15) is 5.56 Å². The quantitative estimate of drug-likeness (QED) is 0.871. The van der Waals surface area contributed by atoms with Crippen molar-refractivity contribution in [2.24, 2.45) is 0 Å². The molecule has 0 heterocycles. The molecule has 0 radical (unpaired) electrons. The SMILES string of the molecule is Nc1cc(Cl)ccc1S(=O)(=O)Cc1ccc(F)cc1Cl. The zero-order chi connectivity index (χ0) is 14.9. The average Bonchev–Trinajstić information content (AvgIpc) is 2.32. The zero-order valence-electron chi connectivity index (χ0n) is 10.1. The van der Waals surface area contributed by atoms with Gasteiger partial charge >= 0.3 is 0 Å². The molecule has 0 aromatic heterocycles. The van der Waals surface area contributed by atoms with Crippen molar-refractivity contribution in [3.63, 3.8) is 0 Å². The van der Waals surface area contributed by atoms with Crippen molar-refractivity contribution < 1.29 is 12.8 Å². The van der Waals surface area contributed by atoms with E-state index in [0.717, 1.165) is 12.1 Å². The van der Waals surface area contributed by atoms with Crippen LogP contribution in [-0.2, 0) is 15.6 Å². The number of benzene rings is 2. The molecule has 106 valence electrons. The van der Waals surface area contributed by atoms with E-state index in [2.05, 4.69) is 0 Å². The second-order valence-corrected chi connectivity index (χ2v) is 6.98. The molecule has 0 saturated carbocycles. The molecule has 2 rings (SSSR count). The largest absolute Gasteiger partial charge is 0.398 e. The fourth-order valence-electron chi connectivity index (χ4n) is 1.72. The van der Waals surface area contributed by atoms with Gasteiger partial charge in [-0.25, -0.2) is 12.8 Å². The monoisotopic (exact) mass is 333 g/mol. The second kappa shape index (κ2) is 5.60. The highest BCUT2D eigenvalue weighted by Crippen LogP contribution is 2.27. The third kappa shape index (κ3) is 3.23. The number of nitrogen functional groups attached to an aromatic ring is 1. The summed E-state index contributed by atoms with van der Waals surface area (Å²) in [5, 5.41) is 0.405. The van der Waals surface area contributed by atoms with E-state index < -0.39 is 15.7 Å². The summed E-state index contributed by atoms with van der Waals surface area (Å²) in [7, 11) is -3.69. The van der Waals surface area contributed by atoms with Gasteiger partial charge in [0.2, 0.25) is 0 Å². The molecular weight excluding hydrogens is 324 g/mol. The van der Waals surface area contributed by atoms with Gasteiger partial charge in [0.25, 0.3) is 0 Å². The fourth-order valence-corrected chi connectivity index (χ4v) is 3.73. The highest BCUT2D eigenvalue weighted by molar-refractivity contribution is 7.90. The summed E-state index contributed by atoms with van der Waals surface area (Å²) in [6.07, 6.45) is 0. The predicted octanol–water partition coefficient (Wildman–Crippen LogP) is 3.69. The molecule has 0 fully saturated rings. The summed E-state index contributed by atoms with van der Waals surface area (Å²) >= 11 is 11.6. The summed E-state index contributed by atoms with van der Waals surface area (Å²) in [6.45, 7) is 0. The number of hydrogen-bond acceptors (Lipinski definition) is 3. The Hall–Kier alpha value is -1.30. The van der Waals surface area contributed by atoms with E-state index in [1.807, 2.05) is 0 Å². The lowest BCUT2D eigenvalue weighted by atomic mass is 10.2. The lowest BCUT2D eigenvalue weighted by molar-refractivity contribution is 0.595. The van der Waals surface area contributed by atoms with Crippen molar-refractivity contribution in [3.05, 3.63) is 57.8 Å². The van der Waals surface area contributed by atoms with Crippen LogP contribution in [-0.4, -0.2) is 8.42 Å². The summed E-state index contributed by atoms with van der Waals surface area (Å²) in [5.74, 6) is -0.889. The van der Waals surface area contributed by atoms with Gasteiger partial charge in [-0.1, -0.05) is 29.3 Å². The van der Waals surface area contributed by atoms with E-state index in [0.29, 0.717) is 10.6 Å². The smallest absolute Gasteiger partial charge is 0.184 e. The summed E-state index contributed by atoms with van der Waals surface area (Å²) in [4.78, 5) is -0.0257. The first-order chi connectivity index (χ1) is 9.29.